The molecule has 0 spiro atoms. The third kappa shape index (κ3) is 4.23. The molecule has 2 aromatic carbocycles. The van der Waals surface area contributed by atoms with Crippen LogP contribution in [0.1, 0.15) is 11.1 Å². The van der Waals surface area contributed by atoms with Crippen LogP contribution in [0.2, 0.25) is 0 Å². The number of rotatable bonds is 4. The van der Waals surface area contributed by atoms with Crippen LogP contribution < -0.4 is 10.6 Å². The van der Waals surface area contributed by atoms with Gasteiger partial charge < -0.3 is 0 Å². The van der Waals surface area contributed by atoms with E-state index in [9.17, 15) is 0 Å². The van der Waals surface area contributed by atoms with E-state index in [0.29, 0.717) is 0 Å². The van der Waals surface area contributed by atoms with Gasteiger partial charge in [-0.2, -0.15) is 0 Å². The zero-order chi connectivity index (χ0) is 12.1. The van der Waals surface area contributed by atoms with Crippen LogP contribution in [0.4, 0.5) is 0 Å². The van der Waals surface area contributed by atoms with Gasteiger partial charge in [-0.1, -0.05) is 76.8 Å². The monoisotopic (exact) mass is 260 g/mol. The van der Waals surface area contributed by atoms with E-state index < -0.39 is 0 Å². The molecule has 2 heteroatoms. The van der Waals surface area contributed by atoms with Crippen LogP contribution in [0.5, 0.6) is 0 Å². The summed E-state index contributed by atoms with van der Waals surface area (Å²) in [5, 5.41) is 2.96. The lowest BCUT2D eigenvalue weighted by atomic mass is 10.2. The van der Waals surface area contributed by atoms with Crippen LogP contribution in [-0.4, -0.2) is 5.90 Å². The standard InChI is InChI=1S/C15H18P2/c1-12-3-7-14(8-4-12)16-11-17-15-9-5-13(2)6-10-15/h3-10,16-17H,11H2,1-2H3. The van der Waals surface area contributed by atoms with Crippen LogP contribution in [0.3, 0.4) is 0 Å². The summed E-state index contributed by atoms with van der Waals surface area (Å²) in [7, 11) is 1.87. The van der Waals surface area contributed by atoms with Crippen LogP contribution in [0.15, 0.2) is 48.5 Å². The second kappa shape index (κ2) is 6.29. The molecule has 17 heavy (non-hydrogen) atoms. The molecular weight excluding hydrogens is 242 g/mol. The summed E-state index contributed by atoms with van der Waals surface area (Å²) in [4.78, 5) is 0. The Morgan fingerprint density at radius 2 is 1.00 bits per heavy atom. The second-order valence-corrected chi connectivity index (χ2v) is 7.54. The molecule has 0 aliphatic heterocycles. The van der Waals surface area contributed by atoms with Gasteiger partial charge in [0.15, 0.2) is 0 Å². The highest BCUT2D eigenvalue weighted by atomic mass is 31.1. The van der Waals surface area contributed by atoms with E-state index >= 15 is 0 Å². The lowest BCUT2D eigenvalue weighted by molar-refractivity contribution is 1.49. The highest BCUT2D eigenvalue weighted by molar-refractivity contribution is 7.64. The zero-order valence-electron chi connectivity index (χ0n) is 10.3. The van der Waals surface area contributed by atoms with Gasteiger partial charge in [-0.25, -0.2) is 0 Å². The average molecular weight is 260 g/mol. The highest BCUT2D eigenvalue weighted by Gasteiger charge is 1.95. The molecule has 88 valence electrons. The largest absolute Gasteiger partial charge is 0.0859 e. The molecule has 0 fully saturated rings. The molecule has 0 bridgehead atoms. The fraction of sp³-hybridized carbons (Fsp3) is 0.200. The first kappa shape index (κ1) is 12.7. The van der Waals surface area contributed by atoms with E-state index in [-0.39, 0.29) is 0 Å². The molecule has 2 aromatic rings. The lowest BCUT2D eigenvalue weighted by Crippen LogP contribution is -1.96. The van der Waals surface area contributed by atoms with Crippen molar-refractivity contribution in [2.75, 3.05) is 5.90 Å². The van der Waals surface area contributed by atoms with Crippen molar-refractivity contribution in [1.29, 1.82) is 0 Å². The molecule has 0 aliphatic rings. The SMILES string of the molecule is Cc1ccc(PCPc2ccc(C)cc2)cc1. The van der Waals surface area contributed by atoms with Gasteiger partial charge in [0, 0.05) is 0 Å². The van der Waals surface area contributed by atoms with E-state index in [2.05, 4.69) is 62.4 Å². The van der Waals surface area contributed by atoms with Crippen molar-refractivity contribution in [2.45, 2.75) is 13.8 Å². The predicted molar refractivity (Wildman–Crippen MR) is 83.1 cm³/mol. The molecular formula is C15H18P2. The molecule has 0 N–H and O–H groups in total. The number of hydrogen-bond donors (Lipinski definition) is 0. The maximum Gasteiger partial charge on any atom is -0.00947 e. The van der Waals surface area contributed by atoms with E-state index in [1.165, 1.54) is 27.6 Å². The summed E-state index contributed by atoms with van der Waals surface area (Å²) in [6.45, 7) is 4.28. The molecule has 2 rings (SSSR count). The maximum absolute atomic E-state index is 2.26. The quantitative estimate of drug-likeness (QED) is 0.737. The van der Waals surface area contributed by atoms with Crippen molar-refractivity contribution in [3.63, 3.8) is 0 Å². The highest BCUT2D eigenvalue weighted by Crippen LogP contribution is 2.23. The summed E-state index contributed by atoms with van der Waals surface area (Å²) in [5.41, 5.74) is 2.69. The topological polar surface area (TPSA) is 0 Å². The van der Waals surface area contributed by atoms with Gasteiger partial charge in [0.25, 0.3) is 0 Å². The first-order valence-electron chi connectivity index (χ1n) is 5.85. The predicted octanol–water partition coefficient (Wildman–Crippen LogP) is 3.57. The van der Waals surface area contributed by atoms with Crippen molar-refractivity contribution in [1.82, 2.24) is 0 Å². The Bertz CT molecular complexity index is 412. The van der Waals surface area contributed by atoms with E-state index in [4.69, 9.17) is 0 Å². The fourth-order valence-electron chi connectivity index (χ4n) is 1.59. The van der Waals surface area contributed by atoms with E-state index in [0.717, 1.165) is 17.2 Å². The van der Waals surface area contributed by atoms with Gasteiger partial charge in [0.1, 0.15) is 0 Å². The van der Waals surface area contributed by atoms with Gasteiger partial charge in [0.2, 0.25) is 0 Å². The number of aryl methyl sites for hydroxylation is 2. The molecule has 0 saturated heterocycles. The third-order valence-electron chi connectivity index (χ3n) is 2.69. The van der Waals surface area contributed by atoms with Crippen molar-refractivity contribution in [3.8, 4) is 0 Å². The fourth-order valence-corrected chi connectivity index (χ4v) is 4.38. The van der Waals surface area contributed by atoms with Crippen molar-refractivity contribution in [3.05, 3.63) is 59.7 Å². The van der Waals surface area contributed by atoms with Gasteiger partial charge in [-0.05, 0) is 30.4 Å². The van der Waals surface area contributed by atoms with Crippen LogP contribution >= 0.6 is 17.2 Å². The maximum atomic E-state index is 2.26. The molecule has 0 aliphatic carbocycles. The normalized spacial score (nSPS) is 11.9. The summed E-state index contributed by atoms with van der Waals surface area (Å²) >= 11 is 0. The van der Waals surface area contributed by atoms with Gasteiger partial charge in [-0.3, -0.25) is 0 Å². The second-order valence-electron chi connectivity index (χ2n) is 4.26. The molecule has 0 heterocycles. The Morgan fingerprint density at radius 3 is 1.35 bits per heavy atom. The zero-order valence-corrected chi connectivity index (χ0v) is 12.3. The average Bonchev–Trinajstić information content (AvgIpc) is 2.34. The number of benzene rings is 2. The van der Waals surface area contributed by atoms with Crippen LogP contribution in [-0.2, 0) is 0 Å². The van der Waals surface area contributed by atoms with Crippen LogP contribution in [0, 0.1) is 13.8 Å². The Labute approximate surface area is 107 Å². The molecule has 0 radical (unpaired) electrons. The summed E-state index contributed by atoms with van der Waals surface area (Å²) in [5.74, 6) is 1.28. The molecule has 0 nitrogen and oxygen atoms in total. The molecule has 0 saturated carbocycles. The van der Waals surface area contributed by atoms with Gasteiger partial charge in [-0.15, -0.1) is 0 Å². The summed E-state index contributed by atoms with van der Waals surface area (Å²) in [6, 6.07) is 17.9. The van der Waals surface area contributed by atoms with Crippen LogP contribution in [0.25, 0.3) is 0 Å². The summed E-state index contributed by atoms with van der Waals surface area (Å²) in [6.07, 6.45) is 0. The number of hydrogen-bond acceptors (Lipinski definition) is 0. The van der Waals surface area contributed by atoms with E-state index in [1.807, 2.05) is 0 Å². The minimum absolute atomic E-state index is 0.936. The Morgan fingerprint density at radius 1 is 0.647 bits per heavy atom. The lowest BCUT2D eigenvalue weighted by Gasteiger charge is -2.04. The molecule has 2 atom stereocenters. The smallest absolute Gasteiger partial charge is 0.00947 e. The van der Waals surface area contributed by atoms with Crippen molar-refractivity contribution in [2.24, 2.45) is 0 Å². The Kier molecular flexibility index (Phi) is 4.72. The van der Waals surface area contributed by atoms with E-state index in [1.54, 1.807) is 0 Å². The first-order valence-corrected chi connectivity index (χ1v) is 8.26. The van der Waals surface area contributed by atoms with Crippen molar-refractivity contribution >= 4 is 27.8 Å². The summed E-state index contributed by atoms with van der Waals surface area (Å²) < 4.78 is 0. The van der Waals surface area contributed by atoms with Gasteiger partial charge in [0.05, 0.1) is 0 Å². The van der Waals surface area contributed by atoms with Crippen molar-refractivity contribution < 1.29 is 0 Å². The molecule has 0 aromatic heterocycles. The molecule has 2 unspecified atom stereocenters. The Balaban J connectivity index is 1.83. The minimum Gasteiger partial charge on any atom is -0.0859 e. The molecule has 0 amide bonds. The van der Waals surface area contributed by atoms with Gasteiger partial charge >= 0.3 is 0 Å². The Hall–Kier alpha value is -0.700. The third-order valence-corrected chi connectivity index (χ3v) is 5.59. The first-order chi connectivity index (χ1) is 8.24. The minimum atomic E-state index is 0.936.